The van der Waals surface area contributed by atoms with Crippen LogP contribution in [0.2, 0.25) is 5.02 Å². The van der Waals surface area contributed by atoms with Gasteiger partial charge in [0.05, 0.1) is 0 Å². The second kappa shape index (κ2) is 5.45. The van der Waals surface area contributed by atoms with Crippen LogP contribution in [-0.2, 0) is 6.54 Å². The van der Waals surface area contributed by atoms with E-state index >= 15 is 0 Å². The van der Waals surface area contributed by atoms with Gasteiger partial charge in [0.25, 0.3) is 0 Å². The molecule has 0 aliphatic heterocycles. The average Bonchev–Trinajstić information content (AvgIpc) is 3.21. The molecule has 2 aromatic carbocycles. The summed E-state index contributed by atoms with van der Waals surface area (Å²) in [5.74, 6) is 0. The number of thiophene rings is 1. The summed E-state index contributed by atoms with van der Waals surface area (Å²) in [5, 5.41) is 7.86. The average molecular weight is 314 g/mol. The molecule has 1 N–H and O–H groups in total. The van der Waals surface area contributed by atoms with Crippen molar-refractivity contribution < 1.29 is 0 Å². The first kappa shape index (κ1) is 13.3. The highest BCUT2D eigenvalue weighted by Gasteiger charge is 2.20. The Bertz CT molecular complexity index is 789. The highest BCUT2D eigenvalue weighted by molar-refractivity contribution is 7.17. The zero-order valence-electron chi connectivity index (χ0n) is 11.6. The predicted octanol–water partition coefficient (Wildman–Crippen LogP) is 5.47. The predicted molar refractivity (Wildman–Crippen MR) is 92.1 cm³/mol. The molecule has 1 aliphatic carbocycles. The summed E-state index contributed by atoms with van der Waals surface area (Å²) in [6.07, 6.45) is 2.59. The van der Waals surface area contributed by atoms with E-state index in [-0.39, 0.29) is 0 Å². The molecule has 3 heteroatoms. The topological polar surface area (TPSA) is 12.0 Å². The summed E-state index contributed by atoms with van der Waals surface area (Å²) in [4.78, 5) is 0. The molecule has 21 heavy (non-hydrogen) atoms. The minimum atomic E-state index is 0.699. The Morgan fingerprint density at radius 3 is 2.90 bits per heavy atom. The Kier molecular flexibility index (Phi) is 3.46. The lowest BCUT2D eigenvalue weighted by Gasteiger charge is -2.10. The second-order valence-corrected chi connectivity index (χ2v) is 6.93. The van der Waals surface area contributed by atoms with E-state index in [1.54, 1.807) is 11.3 Å². The molecule has 1 aliphatic rings. The van der Waals surface area contributed by atoms with Crippen LogP contribution in [0.25, 0.3) is 21.2 Å². The Hall–Kier alpha value is -1.35. The van der Waals surface area contributed by atoms with Gasteiger partial charge in [-0.1, -0.05) is 35.9 Å². The minimum absolute atomic E-state index is 0.699. The summed E-state index contributed by atoms with van der Waals surface area (Å²) in [6.45, 7) is 0.859. The van der Waals surface area contributed by atoms with E-state index in [0.29, 0.717) is 6.04 Å². The SMILES string of the molecule is Clc1ccc(-c2cccc3ccsc23)cc1CNC1CC1. The molecule has 1 nitrogen and oxygen atoms in total. The molecule has 3 aromatic rings. The maximum Gasteiger partial charge on any atom is 0.0451 e. The van der Waals surface area contributed by atoms with Crippen LogP contribution in [0.4, 0.5) is 0 Å². The second-order valence-electron chi connectivity index (χ2n) is 5.61. The summed E-state index contributed by atoms with van der Waals surface area (Å²) in [7, 11) is 0. The van der Waals surface area contributed by atoms with Crippen molar-refractivity contribution in [2.24, 2.45) is 0 Å². The van der Waals surface area contributed by atoms with Crippen molar-refractivity contribution in [3.05, 3.63) is 58.4 Å². The molecule has 4 rings (SSSR count). The highest BCUT2D eigenvalue weighted by atomic mass is 35.5. The fraction of sp³-hybridized carbons (Fsp3) is 0.222. The van der Waals surface area contributed by atoms with Crippen molar-refractivity contribution in [1.82, 2.24) is 5.32 Å². The first-order valence-electron chi connectivity index (χ1n) is 7.30. The molecule has 0 bridgehead atoms. The van der Waals surface area contributed by atoms with Crippen LogP contribution in [0.1, 0.15) is 18.4 Å². The summed E-state index contributed by atoms with van der Waals surface area (Å²) >= 11 is 8.15. The number of rotatable bonds is 4. The zero-order chi connectivity index (χ0) is 14.2. The van der Waals surface area contributed by atoms with E-state index in [1.165, 1.54) is 39.6 Å². The third kappa shape index (κ3) is 2.71. The normalized spacial score (nSPS) is 14.7. The van der Waals surface area contributed by atoms with Crippen LogP contribution >= 0.6 is 22.9 Å². The zero-order valence-corrected chi connectivity index (χ0v) is 13.2. The van der Waals surface area contributed by atoms with Crippen LogP contribution in [0.5, 0.6) is 0 Å². The number of hydrogen-bond acceptors (Lipinski definition) is 2. The van der Waals surface area contributed by atoms with Gasteiger partial charge in [-0.3, -0.25) is 0 Å². The van der Waals surface area contributed by atoms with Crippen LogP contribution in [0, 0.1) is 0 Å². The van der Waals surface area contributed by atoms with Crippen molar-refractivity contribution in [2.75, 3.05) is 0 Å². The molecule has 1 heterocycles. The van der Waals surface area contributed by atoms with Crippen LogP contribution in [0.3, 0.4) is 0 Å². The van der Waals surface area contributed by atoms with E-state index in [2.05, 4.69) is 47.1 Å². The van der Waals surface area contributed by atoms with E-state index in [4.69, 9.17) is 11.6 Å². The van der Waals surface area contributed by atoms with E-state index in [0.717, 1.165) is 11.6 Å². The van der Waals surface area contributed by atoms with Crippen molar-refractivity contribution >= 4 is 33.0 Å². The van der Waals surface area contributed by atoms with Gasteiger partial charge in [-0.15, -0.1) is 11.3 Å². The summed E-state index contributed by atoms with van der Waals surface area (Å²) in [6, 6.07) is 15.7. The Morgan fingerprint density at radius 1 is 1.14 bits per heavy atom. The third-order valence-corrected chi connectivity index (χ3v) is 5.33. The lowest BCUT2D eigenvalue weighted by molar-refractivity contribution is 0.688. The molecular formula is C18H16ClNS. The van der Waals surface area contributed by atoms with Crippen molar-refractivity contribution in [3.63, 3.8) is 0 Å². The largest absolute Gasteiger partial charge is 0.310 e. The van der Waals surface area contributed by atoms with Crippen molar-refractivity contribution in [1.29, 1.82) is 0 Å². The first-order valence-corrected chi connectivity index (χ1v) is 8.55. The fourth-order valence-corrected chi connectivity index (χ4v) is 3.76. The number of benzene rings is 2. The molecule has 0 saturated heterocycles. The van der Waals surface area contributed by atoms with Gasteiger partial charge in [-0.05, 0) is 58.5 Å². The standard InChI is InChI=1S/C18H16ClNS/c19-17-7-4-13(10-14(17)11-20-15-5-6-15)16-3-1-2-12-8-9-21-18(12)16/h1-4,7-10,15,20H,5-6,11H2. The number of nitrogens with one attached hydrogen (secondary N) is 1. The lowest BCUT2D eigenvalue weighted by Crippen LogP contribution is -2.15. The molecule has 1 fully saturated rings. The molecule has 0 spiro atoms. The van der Waals surface area contributed by atoms with Gasteiger partial charge in [0.2, 0.25) is 0 Å². The highest BCUT2D eigenvalue weighted by Crippen LogP contribution is 2.34. The molecule has 0 radical (unpaired) electrons. The molecule has 0 atom stereocenters. The number of hydrogen-bond donors (Lipinski definition) is 1. The summed E-state index contributed by atoms with van der Waals surface area (Å²) in [5.41, 5.74) is 3.74. The fourth-order valence-electron chi connectivity index (χ4n) is 2.64. The number of fused-ring (bicyclic) bond motifs is 1. The first-order chi connectivity index (χ1) is 10.3. The maximum atomic E-state index is 6.35. The van der Waals surface area contributed by atoms with Gasteiger partial charge in [0.15, 0.2) is 0 Å². The molecule has 1 saturated carbocycles. The Balaban J connectivity index is 1.73. The third-order valence-electron chi connectivity index (χ3n) is 3.99. The monoisotopic (exact) mass is 313 g/mol. The van der Waals surface area contributed by atoms with Gasteiger partial charge >= 0.3 is 0 Å². The van der Waals surface area contributed by atoms with Crippen LogP contribution in [-0.4, -0.2) is 6.04 Å². The minimum Gasteiger partial charge on any atom is -0.310 e. The van der Waals surface area contributed by atoms with E-state index in [9.17, 15) is 0 Å². The van der Waals surface area contributed by atoms with Crippen molar-refractivity contribution in [2.45, 2.75) is 25.4 Å². The van der Waals surface area contributed by atoms with Crippen molar-refractivity contribution in [3.8, 4) is 11.1 Å². The molecular weight excluding hydrogens is 298 g/mol. The van der Waals surface area contributed by atoms with Gasteiger partial charge < -0.3 is 5.32 Å². The molecule has 106 valence electrons. The van der Waals surface area contributed by atoms with Gasteiger partial charge in [-0.25, -0.2) is 0 Å². The van der Waals surface area contributed by atoms with Crippen LogP contribution in [0.15, 0.2) is 47.8 Å². The maximum absolute atomic E-state index is 6.35. The number of halogens is 1. The van der Waals surface area contributed by atoms with Gasteiger partial charge in [0.1, 0.15) is 0 Å². The Morgan fingerprint density at radius 2 is 2.05 bits per heavy atom. The quantitative estimate of drug-likeness (QED) is 0.673. The van der Waals surface area contributed by atoms with Gasteiger partial charge in [-0.2, -0.15) is 0 Å². The van der Waals surface area contributed by atoms with E-state index < -0.39 is 0 Å². The molecule has 0 unspecified atom stereocenters. The van der Waals surface area contributed by atoms with Gasteiger partial charge in [0, 0.05) is 22.3 Å². The summed E-state index contributed by atoms with van der Waals surface area (Å²) < 4.78 is 1.35. The molecule has 0 amide bonds. The Labute approximate surface area is 133 Å². The smallest absolute Gasteiger partial charge is 0.0451 e. The molecule has 1 aromatic heterocycles. The van der Waals surface area contributed by atoms with Crippen LogP contribution < -0.4 is 5.32 Å². The van der Waals surface area contributed by atoms with E-state index in [1.807, 2.05) is 6.07 Å². The lowest BCUT2D eigenvalue weighted by atomic mass is 10.0.